The average Bonchev–Trinajstić information content (AvgIpc) is 2.73. The quantitative estimate of drug-likeness (QED) is 0.719. The molecule has 5 nitrogen and oxygen atoms in total. The molecule has 1 N–H and O–H groups in total. The van der Waals surface area contributed by atoms with Gasteiger partial charge in [-0.25, -0.2) is 0 Å². The number of ether oxygens (including phenoxy) is 2. The normalized spacial score (nSPS) is 15.6. The Morgan fingerprint density at radius 2 is 2.04 bits per heavy atom. The monoisotopic (exact) mass is 374 g/mol. The predicted octanol–water partition coefficient (Wildman–Crippen LogP) is 4.70. The van der Waals surface area contributed by atoms with Gasteiger partial charge in [-0.05, 0) is 61.4 Å². The fourth-order valence-electron chi connectivity index (χ4n) is 3.49. The highest BCUT2D eigenvalue weighted by Gasteiger charge is 2.24. The fourth-order valence-corrected chi connectivity index (χ4v) is 3.49. The van der Waals surface area contributed by atoms with Crippen LogP contribution in [0.3, 0.4) is 0 Å². The molecule has 5 heteroatoms. The predicted molar refractivity (Wildman–Crippen MR) is 108 cm³/mol. The number of methoxy groups -OCH3 is 1. The van der Waals surface area contributed by atoms with E-state index in [1.165, 1.54) is 0 Å². The van der Waals surface area contributed by atoms with Crippen molar-refractivity contribution < 1.29 is 14.3 Å². The molecule has 1 unspecified atom stereocenters. The minimum Gasteiger partial charge on any atom is -0.497 e. The van der Waals surface area contributed by atoms with E-state index in [1.54, 1.807) is 13.3 Å². The molecule has 1 amide bonds. The number of benzene rings is 2. The summed E-state index contributed by atoms with van der Waals surface area (Å²) in [5.41, 5.74) is 4.68. The number of hydrogen-bond donors (Lipinski definition) is 1. The van der Waals surface area contributed by atoms with Crippen LogP contribution in [0.2, 0.25) is 0 Å². The number of amides is 1. The SMILES string of the molecule is COc1cccc([C@@H](C)NC(=O)c2ccc3c(c2)OC(C)c2cnccc2-3)c1. The molecule has 0 bridgehead atoms. The first-order chi connectivity index (χ1) is 13.6. The van der Waals surface area contributed by atoms with Gasteiger partial charge in [0.25, 0.3) is 5.91 Å². The van der Waals surface area contributed by atoms with E-state index in [0.717, 1.165) is 28.0 Å². The van der Waals surface area contributed by atoms with Crippen molar-refractivity contribution in [1.82, 2.24) is 10.3 Å². The molecule has 1 aliphatic rings. The highest BCUT2D eigenvalue weighted by molar-refractivity contribution is 5.96. The molecular formula is C23H22N2O3. The van der Waals surface area contributed by atoms with E-state index in [0.29, 0.717) is 11.3 Å². The average molecular weight is 374 g/mol. The number of fused-ring (bicyclic) bond motifs is 3. The van der Waals surface area contributed by atoms with Crippen LogP contribution in [0.5, 0.6) is 11.5 Å². The van der Waals surface area contributed by atoms with Crippen LogP contribution in [0.1, 0.15) is 47.5 Å². The lowest BCUT2D eigenvalue weighted by molar-refractivity contribution is 0.0939. The van der Waals surface area contributed by atoms with E-state index in [2.05, 4.69) is 10.3 Å². The van der Waals surface area contributed by atoms with Crippen LogP contribution in [0.25, 0.3) is 11.1 Å². The number of hydrogen-bond acceptors (Lipinski definition) is 4. The zero-order chi connectivity index (χ0) is 19.7. The van der Waals surface area contributed by atoms with Crippen molar-refractivity contribution in [3.8, 4) is 22.6 Å². The van der Waals surface area contributed by atoms with Crippen LogP contribution in [-0.2, 0) is 0 Å². The van der Waals surface area contributed by atoms with Crippen LogP contribution in [0, 0.1) is 0 Å². The first kappa shape index (κ1) is 18.0. The lowest BCUT2D eigenvalue weighted by Gasteiger charge is -2.26. The minimum atomic E-state index is -0.148. The standard InChI is InChI=1S/C23H22N2O3/c1-14(16-5-4-6-18(11-16)27-3)25-23(26)17-7-8-20-19-9-10-24-13-21(19)15(2)28-22(20)12-17/h4-15H,1-3H3,(H,25,26)/t14-,15?/m1/s1. The lowest BCUT2D eigenvalue weighted by atomic mass is 9.94. The Labute approximate surface area is 164 Å². The van der Waals surface area contributed by atoms with E-state index >= 15 is 0 Å². The van der Waals surface area contributed by atoms with Gasteiger partial charge in [0, 0.05) is 29.1 Å². The summed E-state index contributed by atoms with van der Waals surface area (Å²) in [6.07, 6.45) is 3.50. The van der Waals surface area contributed by atoms with Gasteiger partial charge in [0.2, 0.25) is 0 Å². The third kappa shape index (κ3) is 3.31. The molecule has 0 aliphatic carbocycles. The maximum absolute atomic E-state index is 12.8. The first-order valence-corrected chi connectivity index (χ1v) is 9.26. The van der Waals surface area contributed by atoms with Crippen molar-refractivity contribution in [3.05, 3.63) is 77.6 Å². The van der Waals surface area contributed by atoms with E-state index in [-0.39, 0.29) is 18.1 Å². The molecule has 1 aliphatic heterocycles. The second kappa shape index (κ2) is 7.35. The third-order valence-electron chi connectivity index (χ3n) is 5.07. The molecule has 0 fully saturated rings. The molecule has 2 atom stereocenters. The summed E-state index contributed by atoms with van der Waals surface area (Å²) >= 11 is 0. The molecule has 0 spiro atoms. The summed E-state index contributed by atoms with van der Waals surface area (Å²) in [6, 6.07) is 15.1. The lowest BCUT2D eigenvalue weighted by Crippen LogP contribution is -2.26. The van der Waals surface area contributed by atoms with Crippen molar-refractivity contribution >= 4 is 5.91 Å². The molecule has 4 rings (SSSR count). The van der Waals surface area contributed by atoms with Crippen molar-refractivity contribution in [3.63, 3.8) is 0 Å². The van der Waals surface area contributed by atoms with Gasteiger partial charge in [-0.15, -0.1) is 0 Å². The Hall–Kier alpha value is -3.34. The Morgan fingerprint density at radius 1 is 1.18 bits per heavy atom. The second-order valence-corrected chi connectivity index (χ2v) is 6.91. The molecule has 2 heterocycles. The molecule has 0 saturated heterocycles. The summed E-state index contributed by atoms with van der Waals surface area (Å²) in [5, 5.41) is 3.04. The van der Waals surface area contributed by atoms with Gasteiger partial charge < -0.3 is 14.8 Å². The van der Waals surface area contributed by atoms with E-state index < -0.39 is 0 Å². The number of pyridine rings is 1. The summed E-state index contributed by atoms with van der Waals surface area (Å²) in [7, 11) is 1.63. The third-order valence-corrected chi connectivity index (χ3v) is 5.07. The smallest absolute Gasteiger partial charge is 0.251 e. The molecule has 142 valence electrons. The zero-order valence-corrected chi connectivity index (χ0v) is 16.1. The zero-order valence-electron chi connectivity index (χ0n) is 16.1. The number of rotatable bonds is 4. The molecule has 28 heavy (non-hydrogen) atoms. The summed E-state index contributed by atoms with van der Waals surface area (Å²) < 4.78 is 11.3. The maximum atomic E-state index is 12.8. The first-order valence-electron chi connectivity index (χ1n) is 9.26. The maximum Gasteiger partial charge on any atom is 0.251 e. The Morgan fingerprint density at radius 3 is 2.86 bits per heavy atom. The number of nitrogens with one attached hydrogen (secondary N) is 1. The fraction of sp³-hybridized carbons (Fsp3) is 0.217. The number of carbonyl (C=O) groups excluding carboxylic acids is 1. The van der Waals surface area contributed by atoms with Gasteiger partial charge in [0.15, 0.2) is 0 Å². The van der Waals surface area contributed by atoms with Crippen molar-refractivity contribution in [2.75, 3.05) is 7.11 Å². The van der Waals surface area contributed by atoms with Crippen LogP contribution in [-0.4, -0.2) is 18.0 Å². The van der Waals surface area contributed by atoms with Gasteiger partial charge in [-0.2, -0.15) is 0 Å². The summed E-state index contributed by atoms with van der Waals surface area (Å²) in [5.74, 6) is 1.34. The van der Waals surface area contributed by atoms with Crippen LogP contribution >= 0.6 is 0 Å². The summed E-state index contributed by atoms with van der Waals surface area (Å²) in [6.45, 7) is 3.94. The number of nitrogens with zero attached hydrogens (tertiary/aromatic N) is 1. The van der Waals surface area contributed by atoms with E-state index in [9.17, 15) is 4.79 Å². The number of carbonyl (C=O) groups is 1. The molecule has 0 radical (unpaired) electrons. The van der Waals surface area contributed by atoms with E-state index in [4.69, 9.17) is 9.47 Å². The minimum absolute atomic E-state index is 0.106. The Balaban J connectivity index is 1.57. The highest BCUT2D eigenvalue weighted by Crippen LogP contribution is 2.42. The van der Waals surface area contributed by atoms with Crippen molar-refractivity contribution in [2.45, 2.75) is 26.0 Å². The molecule has 1 aromatic heterocycles. The molecule has 2 aromatic carbocycles. The molecule has 3 aromatic rings. The van der Waals surface area contributed by atoms with Gasteiger partial charge in [0.1, 0.15) is 17.6 Å². The molecule has 0 saturated carbocycles. The van der Waals surface area contributed by atoms with Gasteiger partial charge in [0.05, 0.1) is 13.2 Å². The largest absolute Gasteiger partial charge is 0.497 e. The van der Waals surface area contributed by atoms with Crippen LogP contribution < -0.4 is 14.8 Å². The van der Waals surface area contributed by atoms with Crippen molar-refractivity contribution in [1.29, 1.82) is 0 Å². The Kier molecular flexibility index (Phi) is 4.74. The molecular weight excluding hydrogens is 352 g/mol. The van der Waals surface area contributed by atoms with Gasteiger partial charge in [-0.3, -0.25) is 9.78 Å². The van der Waals surface area contributed by atoms with Crippen LogP contribution in [0.4, 0.5) is 0 Å². The van der Waals surface area contributed by atoms with Crippen LogP contribution in [0.15, 0.2) is 60.9 Å². The highest BCUT2D eigenvalue weighted by atomic mass is 16.5. The van der Waals surface area contributed by atoms with Gasteiger partial charge >= 0.3 is 0 Å². The topological polar surface area (TPSA) is 60.5 Å². The van der Waals surface area contributed by atoms with Crippen molar-refractivity contribution in [2.24, 2.45) is 0 Å². The Bertz CT molecular complexity index is 1030. The van der Waals surface area contributed by atoms with Gasteiger partial charge in [-0.1, -0.05) is 12.1 Å². The van der Waals surface area contributed by atoms with E-state index in [1.807, 2.05) is 68.6 Å². The second-order valence-electron chi connectivity index (χ2n) is 6.91. The summed E-state index contributed by atoms with van der Waals surface area (Å²) in [4.78, 5) is 17.0. The number of aromatic nitrogens is 1.